The van der Waals surface area contributed by atoms with Gasteiger partial charge in [-0.1, -0.05) is 70.2 Å². The van der Waals surface area contributed by atoms with Crippen LogP contribution >= 0.6 is 0 Å². The van der Waals surface area contributed by atoms with Crippen molar-refractivity contribution in [2.75, 3.05) is 6.54 Å². The maximum absolute atomic E-state index is 3.66. The lowest BCUT2D eigenvalue weighted by Gasteiger charge is -2.25. The van der Waals surface area contributed by atoms with Gasteiger partial charge in [0.05, 0.1) is 0 Å². The van der Waals surface area contributed by atoms with E-state index in [0.29, 0.717) is 11.5 Å². The largest absolute Gasteiger partial charge is 0.310 e. The van der Waals surface area contributed by atoms with E-state index >= 15 is 0 Å². The Bertz CT molecular complexity index is 546. The molecule has 108 valence electrons. The fourth-order valence-corrected chi connectivity index (χ4v) is 2.75. The molecule has 2 rings (SSSR count). The van der Waals surface area contributed by atoms with Gasteiger partial charge >= 0.3 is 0 Å². The van der Waals surface area contributed by atoms with Crippen LogP contribution in [0.1, 0.15) is 52.1 Å². The Morgan fingerprint density at radius 1 is 1.00 bits per heavy atom. The van der Waals surface area contributed by atoms with Crippen LogP contribution in [0, 0.1) is 5.41 Å². The molecule has 0 aliphatic rings. The highest BCUT2D eigenvalue weighted by molar-refractivity contribution is 5.86. The summed E-state index contributed by atoms with van der Waals surface area (Å²) in [5, 5.41) is 6.38. The maximum Gasteiger partial charge on any atom is 0.0326 e. The predicted octanol–water partition coefficient (Wildman–Crippen LogP) is 5.32. The van der Waals surface area contributed by atoms with Crippen molar-refractivity contribution < 1.29 is 0 Å². The summed E-state index contributed by atoms with van der Waals surface area (Å²) in [5.74, 6) is 0. The lowest BCUT2D eigenvalue weighted by molar-refractivity contribution is 0.334. The molecule has 0 saturated heterocycles. The Hall–Kier alpha value is -1.34. The van der Waals surface area contributed by atoms with Crippen LogP contribution in [0.5, 0.6) is 0 Å². The van der Waals surface area contributed by atoms with E-state index in [0.717, 1.165) is 6.54 Å². The minimum absolute atomic E-state index is 0.387. The van der Waals surface area contributed by atoms with Gasteiger partial charge in [-0.3, -0.25) is 0 Å². The van der Waals surface area contributed by atoms with E-state index < -0.39 is 0 Å². The molecule has 1 nitrogen and oxygen atoms in total. The number of rotatable bonds is 5. The number of nitrogens with one attached hydrogen (secondary N) is 1. The van der Waals surface area contributed by atoms with Crippen LogP contribution in [0.3, 0.4) is 0 Å². The third kappa shape index (κ3) is 3.83. The number of hydrogen-bond donors (Lipinski definition) is 1. The summed E-state index contributed by atoms with van der Waals surface area (Å²) in [5.41, 5.74) is 1.83. The molecular weight excluding hydrogens is 242 g/mol. The second kappa shape index (κ2) is 6.41. The summed E-state index contributed by atoms with van der Waals surface area (Å²) in [4.78, 5) is 0. The average Bonchev–Trinajstić information content (AvgIpc) is 2.42. The molecular formula is C19H27N. The Morgan fingerprint density at radius 3 is 2.40 bits per heavy atom. The Kier molecular flexibility index (Phi) is 4.82. The van der Waals surface area contributed by atoms with E-state index in [-0.39, 0.29) is 0 Å². The van der Waals surface area contributed by atoms with Crippen LogP contribution in [-0.4, -0.2) is 6.54 Å². The molecule has 0 aromatic heterocycles. The lowest BCUT2D eigenvalue weighted by Crippen LogP contribution is -2.22. The highest BCUT2D eigenvalue weighted by atomic mass is 14.9. The smallest absolute Gasteiger partial charge is 0.0326 e. The quantitative estimate of drug-likeness (QED) is 0.775. The molecule has 2 aromatic rings. The van der Waals surface area contributed by atoms with Crippen molar-refractivity contribution in [2.45, 2.75) is 46.6 Å². The molecule has 0 fully saturated rings. The average molecular weight is 269 g/mol. The zero-order chi connectivity index (χ0) is 14.6. The summed E-state index contributed by atoms with van der Waals surface area (Å²) >= 11 is 0. The predicted molar refractivity (Wildman–Crippen MR) is 89.1 cm³/mol. The van der Waals surface area contributed by atoms with Gasteiger partial charge in [0.25, 0.3) is 0 Å². The number of benzene rings is 2. The molecule has 0 amide bonds. The summed E-state index contributed by atoms with van der Waals surface area (Å²) in [6.07, 6.45) is 2.42. The van der Waals surface area contributed by atoms with Crippen LogP contribution in [-0.2, 0) is 0 Å². The third-order valence-corrected chi connectivity index (χ3v) is 3.83. The molecule has 0 aliphatic carbocycles. The van der Waals surface area contributed by atoms with Crippen LogP contribution in [0.4, 0.5) is 0 Å². The van der Waals surface area contributed by atoms with Crippen molar-refractivity contribution in [1.29, 1.82) is 0 Å². The molecule has 0 heterocycles. The third-order valence-electron chi connectivity index (χ3n) is 3.83. The summed E-state index contributed by atoms with van der Waals surface area (Å²) in [7, 11) is 0. The molecule has 20 heavy (non-hydrogen) atoms. The number of fused-ring (bicyclic) bond motifs is 1. The maximum atomic E-state index is 3.66. The van der Waals surface area contributed by atoms with Crippen LogP contribution in [0.2, 0.25) is 0 Å². The molecule has 1 atom stereocenters. The normalized spacial score (nSPS) is 13.6. The van der Waals surface area contributed by atoms with E-state index in [1.807, 2.05) is 0 Å². The number of hydrogen-bond acceptors (Lipinski definition) is 1. The van der Waals surface area contributed by atoms with Crippen molar-refractivity contribution in [1.82, 2.24) is 5.32 Å². The van der Waals surface area contributed by atoms with E-state index in [1.54, 1.807) is 0 Å². The fourth-order valence-electron chi connectivity index (χ4n) is 2.75. The van der Waals surface area contributed by atoms with E-state index in [1.165, 1.54) is 29.2 Å². The minimum Gasteiger partial charge on any atom is -0.310 e. The highest BCUT2D eigenvalue weighted by Gasteiger charge is 2.17. The Labute approximate surface area is 123 Å². The van der Waals surface area contributed by atoms with Gasteiger partial charge in [-0.15, -0.1) is 0 Å². The second-order valence-electron chi connectivity index (χ2n) is 6.78. The van der Waals surface area contributed by atoms with Crippen molar-refractivity contribution in [3.63, 3.8) is 0 Å². The van der Waals surface area contributed by atoms with Crippen molar-refractivity contribution in [3.8, 4) is 0 Å². The molecule has 0 bridgehead atoms. The van der Waals surface area contributed by atoms with Crippen LogP contribution < -0.4 is 5.32 Å². The van der Waals surface area contributed by atoms with Crippen molar-refractivity contribution >= 4 is 10.8 Å². The molecule has 1 N–H and O–H groups in total. The van der Waals surface area contributed by atoms with Gasteiger partial charge in [0.2, 0.25) is 0 Å². The molecule has 1 unspecified atom stereocenters. The van der Waals surface area contributed by atoms with Gasteiger partial charge in [-0.25, -0.2) is 0 Å². The van der Waals surface area contributed by atoms with Gasteiger partial charge in [-0.2, -0.15) is 0 Å². The fraction of sp³-hybridized carbons (Fsp3) is 0.474. The molecule has 0 aliphatic heterocycles. The minimum atomic E-state index is 0.387. The van der Waals surface area contributed by atoms with E-state index in [4.69, 9.17) is 0 Å². The zero-order valence-electron chi connectivity index (χ0n) is 13.2. The van der Waals surface area contributed by atoms with Gasteiger partial charge in [0.1, 0.15) is 0 Å². The Morgan fingerprint density at radius 2 is 1.70 bits per heavy atom. The standard InChI is InChI=1S/C19H27N/c1-5-20-18(13-14-19(2,3)4)17-12-8-10-15-9-6-7-11-16(15)17/h6-12,18,20H,5,13-14H2,1-4H3. The molecule has 2 aromatic carbocycles. The topological polar surface area (TPSA) is 12.0 Å². The first-order valence-electron chi connectivity index (χ1n) is 7.72. The van der Waals surface area contributed by atoms with Crippen molar-refractivity contribution in [2.24, 2.45) is 5.41 Å². The Balaban J connectivity index is 2.31. The zero-order valence-corrected chi connectivity index (χ0v) is 13.2. The SMILES string of the molecule is CCNC(CCC(C)(C)C)c1cccc2ccccc12. The first-order valence-corrected chi connectivity index (χ1v) is 7.72. The molecule has 1 heteroatoms. The van der Waals surface area contributed by atoms with E-state index in [9.17, 15) is 0 Å². The van der Waals surface area contributed by atoms with Gasteiger partial charge < -0.3 is 5.32 Å². The lowest BCUT2D eigenvalue weighted by atomic mass is 9.86. The highest BCUT2D eigenvalue weighted by Crippen LogP contribution is 2.31. The first kappa shape index (κ1) is 15.1. The van der Waals surface area contributed by atoms with Crippen LogP contribution in [0.25, 0.3) is 10.8 Å². The molecule has 0 spiro atoms. The van der Waals surface area contributed by atoms with Crippen molar-refractivity contribution in [3.05, 3.63) is 48.0 Å². The van der Waals surface area contributed by atoms with Crippen LogP contribution in [0.15, 0.2) is 42.5 Å². The first-order chi connectivity index (χ1) is 9.51. The summed E-state index contributed by atoms with van der Waals surface area (Å²) in [6.45, 7) is 10.2. The summed E-state index contributed by atoms with van der Waals surface area (Å²) < 4.78 is 0. The molecule has 0 saturated carbocycles. The molecule has 0 radical (unpaired) electrons. The second-order valence-corrected chi connectivity index (χ2v) is 6.78. The summed E-state index contributed by atoms with van der Waals surface area (Å²) in [6, 6.07) is 15.8. The monoisotopic (exact) mass is 269 g/mol. The van der Waals surface area contributed by atoms with E-state index in [2.05, 4.69) is 75.5 Å². The van der Waals surface area contributed by atoms with Gasteiger partial charge in [0.15, 0.2) is 0 Å². The van der Waals surface area contributed by atoms with Gasteiger partial charge in [-0.05, 0) is 41.1 Å². The van der Waals surface area contributed by atoms with Gasteiger partial charge in [0, 0.05) is 6.04 Å².